The highest BCUT2D eigenvalue weighted by atomic mass is 32.1. The molecule has 0 unspecified atom stereocenters. The molecule has 3 nitrogen and oxygen atoms in total. The summed E-state index contributed by atoms with van der Waals surface area (Å²) in [5.41, 5.74) is 2.16. The highest BCUT2D eigenvalue weighted by molar-refractivity contribution is 7.12. The number of rotatable bonds is 3. The molecule has 2 aromatic heterocycles. The standard InChI is InChI=1S/C17H13NO2S/c1-11-4-2-5-12-10-13(17(20)18-16(11)12)7-8-14(19)15-6-3-9-21-15/h2-10H,1H3,(H,18,20). The van der Waals surface area contributed by atoms with Crippen molar-refractivity contribution in [3.8, 4) is 0 Å². The summed E-state index contributed by atoms with van der Waals surface area (Å²) in [6.07, 6.45) is 3.01. The van der Waals surface area contributed by atoms with Crippen LogP contribution in [-0.2, 0) is 0 Å². The summed E-state index contributed by atoms with van der Waals surface area (Å²) in [7, 11) is 0. The number of aromatic amines is 1. The number of aromatic nitrogens is 1. The van der Waals surface area contributed by atoms with E-state index in [4.69, 9.17) is 0 Å². The molecule has 0 aliphatic rings. The van der Waals surface area contributed by atoms with Crippen LogP contribution in [0.25, 0.3) is 17.0 Å². The highest BCUT2D eigenvalue weighted by Gasteiger charge is 2.05. The fourth-order valence-corrected chi connectivity index (χ4v) is 2.84. The number of pyridine rings is 1. The predicted octanol–water partition coefficient (Wildman–Crippen LogP) is 3.79. The lowest BCUT2D eigenvalue weighted by atomic mass is 10.1. The van der Waals surface area contributed by atoms with Crippen molar-refractivity contribution < 1.29 is 4.79 Å². The zero-order valence-corrected chi connectivity index (χ0v) is 12.2. The Morgan fingerprint density at radius 2 is 2.10 bits per heavy atom. The van der Waals surface area contributed by atoms with E-state index in [1.165, 1.54) is 17.4 Å². The summed E-state index contributed by atoms with van der Waals surface area (Å²) in [6, 6.07) is 11.2. The average molecular weight is 295 g/mol. The van der Waals surface area contributed by atoms with Crippen LogP contribution in [0.3, 0.4) is 0 Å². The zero-order valence-electron chi connectivity index (χ0n) is 11.4. The van der Waals surface area contributed by atoms with Gasteiger partial charge in [0.15, 0.2) is 5.78 Å². The van der Waals surface area contributed by atoms with E-state index in [2.05, 4.69) is 4.98 Å². The van der Waals surface area contributed by atoms with E-state index in [1.54, 1.807) is 18.2 Å². The number of aryl methyl sites for hydroxylation is 1. The molecule has 4 heteroatoms. The summed E-state index contributed by atoms with van der Waals surface area (Å²) in [6.45, 7) is 1.95. The Hall–Kier alpha value is -2.46. The quantitative estimate of drug-likeness (QED) is 0.590. The number of carbonyl (C=O) groups excluding carboxylic acids is 1. The van der Waals surface area contributed by atoms with Crippen LogP contribution >= 0.6 is 11.3 Å². The second-order valence-electron chi connectivity index (χ2n) is 4.77. The minimum absolute atomic E-state index is 0.0891. The molecule has 2 heterocycles. The van der Waals surface area contributed by atoms with Crippen molar-refractivity contribution >= 4 is 34.1 Å². The lowest BCUT2D eigenvalue weighted by molar-refractivity contribution is 0.105. The van der Waals surface area contributed by atoms with Gasteiger partial charge in [-0.05, 0) is 47.5 Å². The molecule has 0 saturated heterocycles. The molecule has 0 radical (unpaired) electrons. The van der Waals surface area contributed by atoms with Gasteiger partial charge in [0.25, 0.3) is 5.56 Å². The van der Waals surface area contributed by atoms with Crippen LogP contribution in [0.5, 0.6) is 0 Å². The number of ketones is 1. The zero-order chi connectivity index (χ0) is 14.8. The van der Waals surface area contributed by atoms with Gasteiger partial charge in [0.1, 0.15) is 0 Å². The normalized spacial score (nSPS) is 11.3. The second kappa shape index (κ2) is 5.50. The van der Waals surface area contributed by atoms with Gasteiger partial charge in [-0.1, -0.05) is 24.3 Å². The lowest BCUT2D eigenvalue weighted by Gasteiger charge is -2.02. The fraction of sp³-hybridized carbons (Fsp3) is 0.0588. The Bertz CT molecular complexity index is 889. The Balaban J connectivity index is 2.00. The minimum atomic E-state index is -0.188. The number of fused-ring (bicyclic) bond motifs is 1. The largest absolute Gasteiger partial charge is 0.321 e. The van der Waals surface area contributed by atoms with Crippen molar-refractivity contribution in [2.24, 2.45) is 0 Å². The molecule has 0 spiro atoms. The van der Waals surface area contributed by atoms with Gasteiger partial charge in [0, 0.05) is 5.56 Å². The van der Waals surface area contributed by atoms with Crippen molar-refractivity contribution in [3.05, 3.63) is 74.2 Å². The smallest absolute Gasteiger partial charge is 0.255 e. The van der Waals surface area contributed by atoms with Gasteiger partial charge < -0.3 is 4.98 Å². The van der Waals surface area contributed by atoms with Gasteiger partial charge in [-0.15, -0.1) is 11.3 Å². The number of allylic oxidation sites excluding steroid dienone is 1. The van der Waals surface area contributed by atoms with Crippen LogP contribution in [0.1, 0.15) is 20.8 Å². The molecule has 3 rings (SSSR count). The summed E-state index contributed by atoms with van der Waals surface area (Å²) >= 11 is 1.39. The number of carbonyl (C=O) groups is 1. The number of para-hydroxylation sites is 1. The van der Waals surface area contributed by atoms with E-state index in [9.17, 15) is 9.59 Å². The second-order valence-corrected chi connectivity index (χ2v) is 5.72. The van der Waals surface area contributed by atoms with E-state index in [1.807, 2.05) is 36.6 Å². The Morgan fingerprint density at radius 3 is 2.86 bits per heavy atom. The molecule has 0 aliphatic carbocycles. The first kappa shape index (κ1) is 13.5. The highest BCUT2D eigenvalue weighted by Crippen LogP contribution is 2.16. The number of H-pyrrole nitrogens is 1. The van der Waals surface area contributed by atoms with Crippen molar-refractivity contribution in [1.82, 2.24) is 4.98 Å². The van der Waals surface area contributed by atoms with Crippen LogP contribution < -0.4 is 5.56 Å². The first-order valence-electron chi connectivity index (χ1n) is 6.54. The van der Waals surface area contributed by atoms with E-state index >= 15 is 0 Å². The van der Waals surface area contributed by atoms with E-state index in [-0.39, 0.29) is 11.3 Å². The van der Waals surface area contributed by atoms with Gasteiger partial charge in [0.2, 0.25) is 0 Å². The number of hydrogen-bond acceptors (Lipinski definition) is 3. The molecule has 3 aromatic rings. The van der Waals surface area contributed by atoms with Crippen molar-refractivity contribution in [2.75, 3.05) is 0 Å². The number of benzene rings is 1. The summed E-state index contributed by atoms with van der Waals surface area (Å²) in [5.74, 6) is -0.0891. The molecular formula is C17H13NO2S. The Labute approximate surface area is 125 Å². The molecule has 0 amide bonds. The lowest BCUT2D eigenvalue weighted by Crippen LogP contribution is -2.09. The van der Waals surface area contributed by atoms with Crippen LogP contribution in [-0.4, -0.2) is 10.8 Å². The third kappa shape index (κ3) is 2.71. The maximum absolute atomic E-state index is 12.1. The monoisotopic (exact) mass is 295 g/mol. The van der Waals surface area contributed by atoms with Gasteiger partial charge in [-0.2, -0.15) is 0 Å². The molecule has 0 saturated carbocycles. The van der Waals surface area contributed by atoms with Crippen LogP contribution in [0, 0.1) is 6.92 Å². The molecular weight excluding hydrogens is 282 g/mol. The van der Waals surface area contributed by atoms with Gasteiger partial charge in [-0.25, -0.2) is 0 Å². The van der Waals surface area contributed by atoms with Crippen LogP contribution in [0.4, 0.5) is 0 Å². The van der Waals surface area contributed by atoms with E-state index < -0.39 is 0 Å². The molecule has 0 atom stereocenters. The van der Waals surface area contributed by atoms with Gasteiger partial charge in [-0.3, -0.25) is 9.59 Å². The Kier molecular flexibility index (Phi) is 3.54. The van der Waals surface area contributed by atoms with Crippen molar-refractivity contribution in [3.63, 3.8) is 0 Å². The average Bonchev–Trinajstić information content (AvgIpc) is 3.00. The van der Waals surface area contributed by atoms with Crippen LogP contribution in [0.2, 0.25) is 0 Å². The van der Waals surface area contributed by atoms with Crippen molar-refractivity contribution in [1.29, 1.82) is 0 Å². The number of nitrogens with one attached hydrogen (secondary N) is 1. The summed E-state index contributed by atoms with van der Waals surface area (Å²) < 4.78 is 0. The third-order valence-corrected chi connectivity index (χ3v) is 4.18. The topological polar surface area (TPSA) is 49.9 Å². The number of thiophene rings is 1. The molecule has 0 bridgehead atoms. The van der Waals surface area contributed by atoms with Gasteiger partial charge in [0.05, 0.1) is 10.4 Å². The molecule has 21 heavy (non-hydrogen) atoms. The predicted molar refractivity (Wildman–Crippen MR) is 87.0 cm³/mol. The SMILES string of the molecule is Cc1cccc2cc(C=CC(=O)c3cccs3)c(=O)[nH]c12. The maximum atomic E-state index is 12.1. The summed E-state index contributed by atoms with van der Waals surface area (Å²) in [4.78, 5) is 27.5. The molecule has 1 aromatic carbocycles. The van der Waals surface area contributed by atoms with E-state index in [0.29, 0.717) is 10.4 Å². The molecule has 0 aliphatic heterocycles. The van der Waals surface area contributed by atoms with E-state index in [0.717, 1.165) is 16.5 Å². The minimum Gasteiger partial charge on any atom is -0.321 e. The number of hydrogen-bond donors (Lipinski definition) is 1. The summed E-state index contributed by atoms with van der Waals surface area (Å²) in [5, 5.41) is 2.81. The Morgan fingerprint density at radius 1 is 1.24 bits per heavy atom. The first-order chi connectivity index (χ1) is 10.1. The maximum Gasteiger partial charge on any atom is 0.255 e. The molecule has 104 valence electrons. The van der Waals surface area contributed by atoms with Crippen molar-refractivity contribution in [2.45, 2.75) is 6.92 Å². The fourth-order valence-electron chi connectivity index (χ4n) is 2.19. The third-order valence-electron chi connectivity index (χ3n) is 3.30. The molecule has 1 N–H and O–H groups in total. The first-order valence-corrected chi connectivity index (χ1v) is 7.42. The van der Waals surface area contributed by atoms with Gasteiger partial charge >= 0.3 is 0 Å². The van der Waals surface area contributed by atoms with Crippen LogP contribution in [0.15, 0.2) is 52.6 Å². The molecule has 0 fully saturated rings.